The quantitative estimate of drug-likeness (QED) is 0.897. The molecule has 0 saturated heterocycles. The molecule has 1 aromatic carbocycles. The molecule has 1 heterocycles. The SMILES string of the molecule is CC(N)c1ccc(OCCc2cccs2)cc1F. The zero-order valence-corrected chi connectivity index (χ0v) is 11.0. The largest absolute Gasteiger partial charge is 0.493 e. The van der Waals surface area contributed by atoms with E-state index in [4.69, 9.17) is 10.5 Å². The Labute approximate surface area is 110 Å². The number of ether oxygens (including phenoxy) is 1. The minimum absolute atomic E-state index is 0.301. The first kappa shape index (κ1) is 13.1. The van der Waals surface area contributed by atoms with Crippen LogP contribution in [0.25, 0.3) is 0 Å². The second-order valence-electron chi connectivity index (χ2n) is 4.15. The van der Waals surface area contributed by atoms with Gasteiger partial charge in [0.05, 0.1) is 6.61 Å². The highest BCUT2D eigenvalue weighted by atomic mass is 32.1. The second-order valence-corrected chi connectivity index (χ2v) is 5.18. The minimum Gasteiger partial charge on any atom is -0.493 e. The van der Waals surface area contributed by atoms with Crippen LogP contribution in [0.2, 0.25) is 0 Å². The zero-order valence-electron chi connectivity index (χ0n) is 10.2. The summed E-state index contributed by atoms with van der Waals surface area (Å²) < 4.78 is 19.2. The zero-order chi connectivity index (χ0) is 13.0. The maximum absolute atomic E-state index is 13.6. The van der Waals surface area contributed by atoms with Crippen molar-refractivity contribution in [3.63, 3.8) is 0 Å². The van der Waals surface area contributed by atoms with E-state index in [1.165, 1.54) is 10.9 Å². The Hall–Kier alpha value is -1.39. The van der Waals surface area contributed by atoms with Crippen LogP contribution in [0.3, 0.4) is 0 Å². The summed E-state index contributed by atoms with van der Waals surface area (Å²) in [6.07, 6.45) is 0.842. The molecule has 18 heavy (non-hydrogen) atoms. The van der Waals surface area contributed by atoms with Crippen LogP contribution in [-0.2, 0) is 6.42 Å². The number of halogens is 1. The van der Waals surface area contributed by atoms with Crippen LogP contribution < -0.4 is 10.5 Å². The number of benzene rings is 1. The Bertz CT molecular complexity index is 497. The number of hydrogen-bond donors (Lipinski definition) is 1. The fourth-order valence-corrected chi connectivity index (χ4v) is 2.38. The van der Waals surface area contributed by atoms with Crippen LogP contribution in [-0.4, -0.2) is 6.61 Å². The summed E-state index contributed by atoms with van der Waals surface area (Å²) in [4.78, 5) is 1.27. The summed E-state index contributed by atoms with van der Waals surface area (Å²) in [6.45, 7) is 2.31. The molecule has 2 N–H and O–H groups in total. The number of nitrogens with two attached hydrogens (primary N) is 1. The van der Waals surface area contributed by atoms with E-state index in [9.17, 15) is 4.39 Å². The van der Waals surface area contributed by atoms with Crippen molar-refractivity contribution in [1.29, 1.82) is 0 Å². The van der Waals surface area contributed by atoms with Crippen molar-refractivity contribution >= 4 is 11.3 Å². The van der Waals surface area contributed by atoms with E-state index in [-0.39, 0.29) is 11.9 Å². The van der Waals surface area contributed by atoms with Gasteiger partial charge in [0.1, 0.15) is 11.6 Å². The molecule has 1 aromatic heterocycles. The molecule has 0 saturated carbocycles. The first-order chi connectivity index (χ1) is 8.66. The lowest BCUT2D eigenvalue weighted by Gasteiger charge is -2.10. The van der Waals surface area contributed by atoms with Crippen LogP contribution >= 0.6 is 11.3 Å². The summed E-state index contributed by atoms with van der Waals surface area (Å²) in [5.74, 6) is 0.243. The molecular formula is C14H16FNOS. The lowest BCUT2D eigenvalue weighted by molar-refractivity contribution is 0.321. The van der Waals surface area contributed by atoms with E-state index in [1.54, 1.807) is 30.4 Å². The monoisotopic (exact) mass is 265 g/mol. The van der Waals surface area contributed by atoms with Gasteiger partial charge in [-0.15, -0.1) is 11.3 Å². The van der Waals surface area contributed by atoms with Crippen molar-refractivity contribution in [2.75, 3.05) is 6.61 Å². The average Bonchev–Trinajstić information content (AvgIpc) is 2.81. The number of hydrogen-bond acceptors (Lipinski definition) is 3. The van der Waals surface area contributed by atoms with Gasteiger partial charge in [0, 0.05) is 29.0 Å². The van der Waals surface area contributed by atoms with E-state index in [0.29, 0.717) is 17.9 Å². The van der Waals surface area contributed by atoms with Crippen molar-refractivity contribution < 1.29 is 9.13 Å². The predicted octanol–water partition coefficient (Wildman–Crippen LogP) is 3.53. The molecule has 96 valence electrons. The molecular weight excluding hydrogens is 249 g/mol. The third kappa shape index (κ3) is 3.31. The van der Waals surface area contributed by atoms with Crippen molar-refractivity contribution in [3.8, 4) is 5.75 Å². The van der Waals surface area contributed by atoms with Gasteiger partial charge in [-0.25, -0.2) is 4.39 Å². The Kier molecular flexibility index (Phi) is 4.33. The molecule has 0 fully saturated rings. The summed E-state index contributed by atoms with van der Waals surface area (Å²) in [5, 5.41) is 2.03. The number of thiophene rings is 1. The molecule has 0 aliphatic rings. The summed E-state index contributed by atoms with van der Waals surface area (Å²) >= 11 is 1.70. The highest BCUT2D eigenvalue weighted by molar-refractivity contribution is 7.09. The van der Waals surface area contributed by atoms with Crippen molar-refractivity contribution in [2.45, 2.75) is 19.4 Å². The summed E-state index contributed by atoms with van der Waals surface area (Å²) in [5.41, 5.74) is 6.16. The molecule has 0 aliphatic heterocycles. The lowest BCUT2D eigenvalue weighted by atomic mass is 10.1. The average molecular weight is 265 g/mol. The minimum atomic E-state index is -0.307. The van der Waals surface area contributed by atoms with Crippen LogP contribution in [0.15, 0.2) is 35.7 Å². The van der Waals surface area contributed by atoms with Crippen molar-refractivity contribution in [1.82, 2.24) is 0 Å². The normalized spacial score (nSPS) is 12.4. The third-order valence-electron chi connectivity index (χ3n) is 2.66. The second kappa shape index (κ2) is 5.98. The van der Waals surface area contributed by atoms with Crippen molar-refractivity contribution in [2.24, 2.45) is 5.73 Å². The molecule has 1 atom stereocenters. The first-order valence-corrected chi connectivity index (χ1v) is 6.75. The molecule has 4 heteroatoms. The molecule has 2 rings (SSSR count). The van der Waals surface area contributed by atoms with Gasteiger partial charge >= 0.3 is 0 Å². The van der Waals surface area contributed by atoms with Crippen LogP contribution in [0, 0.1) is 5.82 Å². The Morgan fingerprint density at radius 3 is 2.83 bits per heavy atom. The molecule has 2 aromatic rings. The Morgan fingerprint density at radius 1 is 1.39 bits per heavy atom. The number of rotatable bonds is 5. The molecule has 0 amide bonds. The Morgan fingerprint density at radius 2 is 2.22 bits per heavy atom. The Balaban J connectivity index is 1.92. The fourth-order valence-electron chi connectivity index (χ4n) is 1.69. The topological polar surface area (TPSA) is 35.2 Å². The molecule has 1 unspecified atom stereocenters. The van der Waals surface area contributed by atoms with Gasteiger partial charge in [-0.1, -0.05) is 12.1 Å². The third-order valence-corrected chi connectivity index (χ3v) is 3.60. The predicted molar refractivity (Wildman–Crippen MR) is 72.5 cm³/mol. The smallest absolute Gasteiger partial charge is 0.131 e. The highest BCUT2D eigenvalue weighted by Crippen LogP contribution is 2.21. The van der Waals surface area contributed by atoms with E-state index in [2.05, 4.69) is 6.07 Å². The van der Waals surface area contributed by atoms with Crippen LogP contribution in [0.5, 0.6) is 5.75 Å². The van der Waals surface area contributed by atoms with E-state index in [0.717, 1.165) is 6.42 Å². The molecule has 2 nitrogen and oxygen atoms in total. The summed E-state index contributed by atoms with van der Waals surface area (Å²) in [7, 11) is 0. The molecule has 0 spiro atoms. The highest BCUT2D eigenvalue weighted by Gasteiger charge is 2.08. The van der Waals surface area contributed by atoms with Gasteiger partial charge in [0.15, 0.2) is 0 Å². The summed E-state index contributed by atoms with van der Waals surface area (Å²) in [6, 6.07) is 8.61. The van der Waals surface area contributed by atoms with E-state index in [1.807, 2.05) is 11.4 Å². The molecule has 0 bridgehead atoms. The van der Waals surface area contributed by atoms with Crippen LogP contribution in [0.1, 0.15) is 23.4 Å². The van der Waals surface area contributed by atoms with Gasteiger partial charge in [0.2, 0.25) is 0 Å². The van der Waals surface area contributed by atoms with E-state index < -0.39 is 0 Å². The lowest BCUT2D eigenvalue weighted by Crippen LogP contribution is -2.08. The van der Waals surface area contributed by atoms with Gasteiger partial charge in [-0.3, -0.25) is 0 Å². The fraction of sp³-hybridized carbons (Fsp3) is 0.286. The van der Waals surface area contributed by atoms with Crippen LogP contribution in [0.4, 0.5) is 4.39 Å². The van der Waals surface area contributed by atoms with Gasteiger partial charge in [-0.05, 0) is 24.4 Å². The first-order valence-electron chi connectivity index (χ1n) is 5.87. The standard InChI is InChI=1S/C14H16FNOS/c1-10(16)13-5-4-11(9-14(13)15)17-7-6-12-3-2-8-18-12/h2-5,8-10H,6-7,16H2,1H3. The van der Waals surface area contributed by atoms with Crippen molar-refractivity contribution in [3.05, 3.63) is 52.0 Å². The molecule has 0 aliphatic carbocycles. The maximum Gasteiger partial charge on any atom is 0.131 e. The maximum atomic E-state index is 13.6. The van der Waals surface area contributed by atoms with Gasteiger partial charge in [0.25, 0.3) is 0 Å². The van der Waals surface area contributed by atoms with Gasteiger partial charge in [-0.2, -0.15) is 0 Å². The van der Waals surface area contributed by atoms with E-state index >= 15 is 0 Å². The van der Waals surface area contributed by atoms with Gasteiger partial charge < -0.3 is 10.5 Å². The molecule has 0 radical (unpaired) electrons.